The van der Waals surface area contributed by atoms with Crippen LogP contribution in [0.1, 0.15) is 47.3 Å². The molecule has 0 aromatic heterocycles. The van der Waals surface area contributed by atoms with Crippen LogP contribution in [0.4, 0.5) is 5.69 Å². The fourth-order valence-electron chi connectivity index (χ4n) is 2.67. The number of hydrogen-bond acceptors (Lipinski definition) is 3. The first kappa shape index (κ1) is 21.0. The maximum Gasteiger partial charge on any atom is 0.262 e. The van der Waals surface area contributed by atoms with E-state index in [0.717, 1.165) is 17.5 Å². The Balaban J connectivity index is 2.28. The van der Waals surface area contributed by atoms with E-state index in [1.807, 2.05) is 26.0 Å². The van der Waals surface area contributed by atoms with Crippen LogP contribution in [0, 0.1) is 26.7 Å². The highest BCUT2D eigenvalue weighted by Gasteiger charge is 2.20. The Bertz CT molecular complexity index is 934. The normalized spacial score (nSPS) is 11.5. The summed E-state index contributed by atoms with van der Waals surface area (Å²) < 4.78 is 28.5. The van der Waals surface area contributed by atoms with E-state index in [4.69, 9.17) is 0 Å². The lowest BCUT2D eigenvalue weighted by molar-refractivity contribution is 0.0952. The van der Waals surface area contributed by atoms with E-state index in [0.29, 0.717) is 29.3 Å². The van der Waals surface area contributed by atoms with Crippen molar-refractivity contribution < 1.29 is 13.2 Å². The summed E-state index contributed by atoms with van der Waals surface area (Å²) in [6.45, 7) is 10.3. The molecule has 146 valence electrons. The fraction of sp³-hybridized carbons (Fsp3) is 0.381. The molecule has 5 nitrogen and oxygen atoms in total. The number of anilines is 1. The smallest absolute Gasteiger partial charge is 0.262 e. The molecule has 6 heteroatoms. The largest absolute Gasteiger partial charge is 0.352 e. The number of carbonyl (C=O) groups is 1. The first-order valence-corrected chi connectivity index (χ1v) is 10.6. The van der Waals surface area contributed by atoms with E-state index in [1.165, 1.54) is 6.07 Å². The summed E-state index contributed by atoms with van der Waals surface area (Å²) in [7, 11) is -3.80. The van der Waals surface area contributed by atoms with Crippen LogP contribution in [0.3, 0.4) is 0 Å². The van der Waals surface area contributed by atoms with Crippen LogP contribution in [-0.2, 0) is 10.0 Å². The number of benzene rings is 2. The molecule has 2 N–H and O–H groups in total. The molecule has 0 unspecified atom stereocenters. The highest BCUT2D eigenvalue weighted by molar-refractivity contribution is 7.92. The molecule has 1 amide bonds. The van der Waals surface area contributed by atoms with Crippen molar-refractivity contribution in [3.05, 3.63) is 58.7 Å². The number of hydrogen-bond donors (Lipinski definition) is 2. The van der Waals surface area contributed by atoms with Crippen LogP contribution in [-0.4, -0.2) is 20.9 Å². The molecule has 0 fully saturated rings. The third-order valence-corrected chi connectivity index (χ3v) is 6.10. The van der Waals surface area contributed by atoms with Crippen molar-refractivity contribution in [3.63, 3.8) is 0 Å². The summed E-state index contributed by atoms with van der Waals surface area (Å²) in [6, 6.07) is 10.2. The van der Waals surface area contributed by atoms with Crippen molar-refractivity contribution in [2.75, 3.05) is 11.3 Å². The third kappa shape index (κ3) is 5.32. The molecule has 0 bridgehead atoms. The number of carbonyl (C=O) groups excluding carboxylic acids is 1. The summed E-state index contributed by atoms with van der Waals surface area (Å²) in [6.07, 6.45) is 0.872. The maximum absolute atomic E-state index is 12.9. The van der Waals surface area contributed by atoms with Crippen LogP contribution in [0.5, 0.6) is 0 Å². The molecule has 0 aliphatic rings. The van der Waals surface area contributed by atoms with Gasteiger partial charge < -0.3 is 5.32 Å². The Labute approximate surface area is 162 Å². The van der Waals surface area contributed by atoms with E-state index in [9.17, 15) is 13.2 Å². The SMILES string of the molecule is Cc1ccc(C(=O)NCCC(C)C)cc1S(=O)(=O)Nc1cccc(C)c1C. The summed E-state index contributed by atoms with van der Waals surface area (Å²) in [5, 5.41) is 2.84. The predicted octanol–water partition coefficient (Wildman–Crippen LogP) is 4.19. The van der Waals surface area contributed by atoms with Gasteiger partial charge in [-0.15, -0.1) is 0 Å². The molecule has 0 atom stereocenters. The van der Waals surface area contributed by atoms with Gasteiger partial charge in [0, 0.05) is 12.1 Å². The first-order valence-electron chi connectivity index (χ1n) is 9.09. The zero-order valence-corrected chi connectivity index (χ0v) is 17.4. The standard InChI is InChI=1S/C21H28N2O3S/c1-14(2)11-12-22-21(24)18-10-9-16(4)20(13-18)27(25,26)23-19-8-6-7-15(3)17(19)5/h6-10,13-14,23H,11-12H2,1-5H3,(H,22,24). The van der Waals surface area contributed by atoms with E-state index in [1.54, 1.807) is 25.1 Å². The van der Waals surface area contributed by atoms with E-state index in [2.05, 4.69) is 23.9 Å². The van der Waals surface area contributed by atoms with E-state index < -0.39 is 10.0 Å². The van der Waals surface area contributed by atoms with Gasteiger partial charge in [0.15, 0.2) is 0 Å². The minimum absolute atomic E-state index is 0.111. The number of sulfonamides is 1. The Morgan fingerprint density at radius 1 is 1.04 bits per heavy atom. The Morgan fingerprint density at radius 2 is 1.74 bits per heavy atom. The zero-order chi connectivity index (χ0) is 20.2. The second-order valence-corrected chi connectivity index (χ2v) is 8.92. The van der Waals surface area contributed by atoms with Gasteiger partial charge >= 0.3 is 0 Å². The van der Waals surface area contributed by atoms with E-state index in [-0.39, 0.29) is 10.8 Å². The van der Waals surface area contributed by atoms with Crippen molar-refractivity contribution in [1.29, 1.82) is 0 Å². The quantitative estimate of drug-likeness (QED) is 0.747. The lowest BCUT2D eigenvalue weighted by Crippen LogP contribution is -2.26. The van der Waals surface area contributed by atoms with Crippen LogP contribution in [0.2, 0.25) is 0 Å². The third-order valence-electron chi connectivity index (χ3n) is 4.60. The van der Waals surface area contributed by atoms with E-state index >= 15 is 0 Å². The van der Waals surface area contributed by atoms with Gasteiger partial charge in [-0.1, -0.05) is 32.0 Å². The molecule has 0 saturated heterocycles. The molecule has 0 radical (unpaired) electrons. The molecule has 2 rings (SSSR count). The molecule has 2 aromatic rings. The Morgan fingerprint density at radius 3 is 2.41 bits per heavy atom. The summed E-state index contributed by atoms with van der Waals surface area (Å²) in [4.78, 5) is 12.5. The number of rotatable bonds is 7. The minimum atomic E-state index is -3.80. The number of aryl methyl sites for hydroxylation is 2. The molecule has 27 heavy (non-hydrogen) atoms. The lowest BCUT2D eigenvalue weighted by Gasteiger charge is -2.14. The Hall–Kier alpha value is -2.34. The number of amides is 1. The monoisotopic (exact) mass is 388 g/mol. The van der Waals surface area contributed by atoms with Gasteiger partial charge in [-0.05, 0) is 68.0 Å². The highest BCUT2D eigenvalue weighted by atomic mass is 32.2. The van der Waals surface area contributed by atoms with Crippen molar-refractivity contribution in [1.82, 2.24) is 5.32 Å². The molecular weight excluding hydrogens is 360 g/mol. The number of nitrogens with one attached hydrogen (secondary N) is 2. The first-order chi connectivity index (χ1) is 12.6. The topological polar surface area (TPSA) is 75.3 Å². The van der Waals surface area contributed by atoms with Gasteiger partial charge in [0.2, 0.25) is 0 Å². The van der Waals surface area contributed by atoms with Crippen molar-refractivity contribution in [2.45, 2.75) is 45.9 Å². The van der Waals surface area contributed by atoms with Gasteiger partial charge in [-0.25, -0.2) is 8.42 Å². The van der Waals surface area contributed by atoms with Gasteiger partial charge in [0.1, 0.15) is 0 Å². The van der Waals surface area contributed by atoms with Gasteiger partial charge in [-0.2, -0.15) is 0 Å². The molecule has 0 saturated carbocycles. The minimum Gasteiger partial charge on any atom is -0.352 e. The summed E-state index contributed by atoms with van der Waals surface area (Å²) in [5.74, 6) is 0.222. The second-order valence-electron chi connectivity index (χ2n) is 7.27. The average Bonchev–Trinajstić information content (AvgIpc) is 2.58. The van der Waals surface area contributed by atoms with Crippen LogP contribution in [0.25, 0.3) is 0 Å². The molecule has 0 aliphatic carbocycles. The molecule has 2 aromatic carbocycles. The van der Waals surface area contributed by atoms with Crippen molar-refractivity contribution in [2.24, 2.45) is 5.92 Å². The zero-order valence-electron chi connectivity index (χ0n) is 16.6. The molecule has 0 heterocycles. The maximum atomic E-state index is 12.9. The molecule has 0 spiro atoms. The summed E-state index contributed by atoms with van der Waals surface area (Å²) >= 11 is 0. The summed E-state index contributed by atoms with van der Waals surface area (Å²) in [5.41, 5.74) is 3.35. The van der Waals surface area contributed by atoms with Gasteiger partial charge in [0.25, 0.3) is 15.9 Å². The lowest BCUT2D eigenvalue weighted by atomic mass is 10.1. The van der Waals surface area contributed by atoms with Gasteiger partial charge in [0.05, 0.1) is 10.6 Å². The van der Waals surface area contributed by atoms with Crippen LogP contribution < -0.4 is 10.0 Å². The van der Waals surface area contributed by atoms with Crippen molar-refractivity contribution in [3.8, 4) is 0 Å². The Kier molecular flexibility index (Phi) is 6.65. The fourth-order valence-corrected chi connectivity index (χ4v) is 4.06. The molecular formula is C21H28N2O3S. The molecule has 0 aliphatic heterocycles. The van der Waals surface area contributed by atoms with Crippen LogP contribution >= 0.6 is 0 Å². The van der Waals surface area contributed by atoms with Crippen molar-refractivity contribution >= 4 is 21.6 Å². The second kappa shape index (κ2) is 8.57. The predicted molar refractivity (Wildman–Crippen MR) is 110 cm³/mol. The van der Waals surface area contributed by atoms with Crippen LogP contribution in [0.15, 0.2) is 41.3 Å². The average molecular weight is 389 g/mol. The van der Waals surface area contributed by atoms with Gasteiger partial charge in [-0.3, -0.25) is 9.52 Å². The highest BCUT2D eigenvalue weighted by Crippen LogP contribution is 2.24.